The van der Waals surface area contributed by atoms with Crippen LogP contribution in [0.3, 0.4) is 0 Å². The second-order valence-corrected chi connectivity index (χ2v) is 9.63. The van der Waals surface area contributed by atoms with Gasteiger partial charge in [0.2, 0.25) is 5.91 Å². The van der Waals surface area contributed by atoms with Crippen molar-refractivity contribution in [1.82, 2.24) is 15.2 Å². The van der Waals surface area contributed by atoms with Gasteiger partial charge in [-0.15, -0.1) is 0 Å². The van der Waals surface area contributed by atoms with Crippen LogP contribution >= 0.6 is 0 Å². The molecule has 2 heterocycles. The van der Waals surface area contributed by atoms with Crippen LogP contribution in [0.15, 0.2) is 66.4 Å². The number of allylic oxidation sites excluding steroid dienone is 6. The van der Waals surface area contributed by atoms with E-state index in [9.17, 15) is 9.18 Å². The van der Waals surface area contributed by atoms with Gasteiger partial charge in [0.1, 0.15) is 11.6 Å². The third-order valence-electron chi connectivity index (χ3n) is 6.54. The number of rotatable bonds is 10. The van der Waals surface area contributed by atoms with Crippen molar-refractivity contribution in [3.63, 3.8) is 0 Å². The van der Waals surface area contributed by atoms with Gasteiger partial charge in [0.25, 0.3) is 0 Å². The number of carbonyl (C=O) groups excluding carboxylic acids is 1. The zero-order valence-electron chi connectivity index (χ0n) is 21.1. The Balaban J connectivity index is 1.23. The number of hydrogen-bond acceptors (Lipinski definition) is 4. The minimum Gasteiger partial charge on any atom is -0.493 e. The normalized spacial score (nSPS) is 16.2. The van der Waals surface area contributed by atoms with Gasteiger partial charge in [-0.2, -0.15) is 0 Å². The molecule has 1 fully saturated rings. The number of benzene rings is 1. The van der Waals surface area contributed by atoms with Gasteiger partial charge in [-0.3, -0.25) is 9.78 Å². The number of likely N-dealkylation sites (tertiary alicyclic amines) is 1. The van der Waals surface area contributed by atoms with Gasteiger partial charge in [0.15, 0.2) is 0 Å². The molecule has 6 heteroatoms. The zero-order chi connectivity index (χ0) is 25.2. The Morgan fingerprint density at radius 3 is 2.81 bits per heavy atom. The van der Waals surface area contributed by atoms with E-state index in [1.54, 1.807) is 12.3 Å². The molecular weight excluding hydrogens is 453 g/mol. The summed E-state index contributed by atoms with van der Waals surface area (Å²) in [6, 6.07) is 8.48. The fraction of sp³-hybridized carbons (Fsp3) is 0.400. The summed E-state index contributed by atoms with van der Waals surface area (Å²) in [4.78, 5) is 19.4. The number of nitrogens with one attached hydrogen (secondary N) is 1. The minimum absolute atomic E-state index is 0.157. The Hall–Kier alpha value is -3.25. The Morgan fingerprint density at radius 2 is 2.00 bits per heavy atom. The molecule has 190 valence electrons. The molecule has 0 unspecified atom stereocenters. The molecule has 36 heavy (non-hydrogen) atoms. The van der Waals surface area contributed by atoms with E-state index in [2.05, 4.69) is 46.4 Å². The summed E-state index contributed by atoms with van der Waals surface area (Å²) >= 11 is 0. The molecule has 0 saturated carbocycles. The van der Waals surface area contributed by atoms with E-state index < -0.39 is 0 Å². The summed E-state index contributed by atoms with van der Waals surface area (Å²) in [5.41, 5.74) is 4.80. The number of aromatic nitrogens is 1. The van der Waals surface area contributed by atoms with Crippen LogP contribution in [0.1, 0.15) is 55.8 Å². The first kappa shape index (κ1) is 25.8. The van der Waals surface area contributed by atoms with E-state index in [0.717, 1.165) is 43.6 Å². The summed E-state index contributed by atoms with van der Waals surface area (Å²) in [5, 5.41) is 2.87. The molecule has 2 aliphatic rings. The van der Waals surface area contributed by atoms with E-state index in [4.69, 9.17) is 4.74 Å². The molecule has 1 aromatic carbocycles. The second kappa shape index (κ2) is 13.2. The number of halogens is 1. The smallest absolute Gasteiger partial charge is 0.226 e. The molecular formula is C30H36FN3O2. The van der Waals surface area contributed by atoms with Gasteiger partial charge >= 0.3 is 0 Å². The Morgan fingerprint density at radius 1 is 1.14 bits per heavy atom. The van der Waals surface area contributed by atoms with E-state index in [1.165, 1.54) is 37.0 Å². The van der Waals surface area contributed by atoms with Gasteiger partial charge in [-0.05, 0) is 80.6 Å². The first-order valence-electron chi connectivity index (χ1n) is 13.0. The summed E-state index contributed by atoms with van der Waals surface area (Å²) < 4.78 is 19.9. The van der Waals surface area contributed by atoms with Gasteiger partial charge in [0.05, 0.1) is 13.0 Å². The van der Waals surface area contributed by atoms with Gasteiger partial charge in [-0.25, -0.2) is 4.39 Å². The molecule has 4 rings (SSSR count). The highest BCUT2D eigenvalue weighted by Gasteiger charge is 2.10. The lowest BCUT2D eigenvalue weighted by molar-refractivity contribution is -0.120. The van der Waals surface area contributed by atoms with Crippen molar-refractivity contribution in [2.75, 3.05) is 26.2 Å². The van der Waals surface area contributed by atoms with E-state index in [-0.39, 0.29) is 24.7 Å². The van der Waals surface area contributed by atoms with E-state index in [0.29, 0.717) is 23.6 Å². The van der Waals surface area contributed by atoms with Crippen molar-refractivity contribution in [1.29, 1.82) is 0 Å². The van der Waals surface area contributed by atoms with Crippen molar-refractivity contribution in [3.05, 3.63) is 89.0 Å². The summed E-state index contributed by atoms with van der Waals surface area (Å²) in [6.45, 7) is 6.24. The highest BCUT2D eigenvalue weighted by molar-refractivity contribution is 5.79. The summed E-state index contributed by atoms with van der Waals surface area (Å²) in [7, 11) is 0. The number of pyridine rings is 1. The molecule has 1 aliphatic heterocycles. The number of amides is 1. The summed E-state index contributed by atoms with van der Waals surface area (Å²) in [5.74, 6) is -0.0188. The topological polar surface area (TPSA) is 54.5 Å². The number of carbonyl (C=O) groups is 1. The van der Waals surface area contributed by atoms with Crippen LogP contribution in [-0.2, 0) is 17.8 Å². The monoisotopic (exact) mass is 489 g/mol. The standard InChI is InChI=1S/C30H36FN3O2/c1-23-7-5-8-25(10-9-23)26-11-12-28(32-22-26)20-30(35)33-21-24-17-27(31)19-29(18-24)36-16-6-15-34-13-3-2-4-14-34/h5,8-12,17-19,22H,2-4,6-7,13-16,20-21H2,1H3,(H,33,35). The molecule has 1 aliphatic carbocycles. The molecule has 1 saturated heterocycles. The second-order valence-electron chi connectivity index (χ2n) is 9.63. The lowest BCUT2D eigenvalue weighted by Crippen LogP contribution is -2.31. The van der Waals surface area contributed by atoms with Crippen LogP contribution in [0.25, 0.3) is 5.57 Å². The van der Waals surface area contributed by atoms with Crippen molar-refractivity contribution in [3.8, 4) is 5.75 Å². The fourth-order valence-corrected chi connectivity index (χ4v) is 4.51. The summed E-state index contributed by atoms with van der Waals surface area (Å²) in [6.07, 6.45) is 16.2. The SMILES string of the molecule is CC1=CC=C(c2ccc(CC(=O)NCc3cc(F)cc(OCCCN4CCCCC4)c3)nc2)C=CC1. The molecule has 0 spiro atoms. The molecule has 2 aromatic rings. The van der Waals surface area contributed by atoms with Crippen LogP contribution in [0.4, 0.5) is 4.39 Å². The molecule has 0 radical (unpaired) electrons. The van der Waals surface area contributed by atoms with Gasteiger partial charge in [0, 0.05) is 31.0 Å². The molecule has 1 aromatic heterocycles. The van der Waals surface area contributed by atoms with Gasteiger partial charge in [-0.1, -0.05) is 42.4 Å². The Kier molecular flexibility index (Phi) is 9.45. The van der Waals surface area contributed by atoms with E-state index in [1.807, 2.05) is 12.1 Å². The lowest BCUT2D eigenvalue weighted by Gasteiger charge is -2.26. The molecule has 5 nitrogen and oxygen atoms in total. The Bertz CT molecular complexity index is 1120. The predicted molar refractivity (Wildman–Crippen MR) is 142 cm³/mol. The molecule has 1 N–H and O–H groups in total. The fourth-order valence-electron chi connectivity index (χ4n) is 4.51. The number of piperidine rings is 1. The van der Waals surface area contributed by atoms with Crippen LogP contribution in [0, 0.1) is 5.82 Å². The third-order valence-corrected chi connectivity index (χ3v) is 6.54. The Labute approximate surface area is 213 Å². The first-order valence-corrected chi connectivity index (χ1v) is 13.0. The van der Waals surface area contributed by atoms with Crippen molar-refractivity contribution in [2.45, 2.75) is 52.0 Å². The average molecular weight is 490 g/mol. The maximum Gasteiger partial charge on any atom is 0.226 e. The third kappa shape index (κ3) is 8.16. The highest BCUT2D eigenvalue weighted by Crippen LogP contribution is 2.20. The van der Waals surface area contributed by atoms with Crippen LogP contribution < -0.4 is 10.1 Å². The molecule has 0 bridgehead atoms. The number of ether oxygens (including phenoxy) is 1. The van der Waals surface area contributed by atoms with Crippen LogP contribution in [0.2, 0.25) is 0 Å². The van der Waals surface area contributed by atoms with Crippen LogP contribution in [0.5, 0.6) is 5.75 Å². The van der Waals surface area contributed by atoms with Crippen molar-refractivity contribution in [2.24, 2.45) is 0 Å². The van der Waals surface area contributed by atoms with Crippen molar-refractivity contribution < 1.29 is 13.9 Å². The highest BCUT2D eigenvalue weighted by atomic mass is 19.1. The lowest BCUT2D eigenvalue weighted by atomic mass is 10.1. The molecule has 0 atom stereocenters. The van der Waals surface area contributed by atoms with Crippen molar-refractivity contribution >= 4 is 11.5 Å². The first-order chi connectivity index (χ1) is 17.5. The maximum atomic E-state index is 14.1. The quantitative estimate of drug-likeness (QED) is 0.440. The minimum atomic E-state index is -0.364. The maximum absolute atomic E-state index is 14.1. The predicted octanol–water partition coefficient (Wildman–Crippen LogP) is 5.62. The van der Waals surface area contributed by atoms with Crippen LogP contribution in [-0.4, -0.2) is 42.0 Å². The largest absolute Gasteiger partial charge is 0.493 e. The van der Waals surface area contributed by atoms with E-state index >= 15 is 0 Å². The molecule has 1 amide bonds. The zero-order valence-corrected chi connectivity index (χ0v) is 21.1. The van der Waals surface area contributed by atoms with Gasteiger partial charge < -0.3 is 15.0 Å². The number of nitrogens with zero attached hydrogens (tertiary/aromatic N) is 2. The number of hydrogen-bond donors (Lipinski definition) is 1. The average Bonchev–Trinajstić information content (AvgIpc) is 3.11.